The molecule has 0 aromatic heterocycles. The lowest BCUT2D eigenvalue weighted by Crippen LogP contribution is -2.34. The molecule has 1 amide bonds. The molecule has 0 radical (unpaired) electrons. The standard InChI is InChI=1S/C21H21NO3S/c1-26(24,25)15-20(18-8-3-2-4-9-18)22-21(23)14-16-11-12-17-7-5-6-10-19(17)13-16/h2-13,20H,14-15H2,1H3,(H,22,23)/t20-/m0/s1. The summed E-state index contributed by atoms with van der Waals surface area (Å²) in [4.78, 5) is 12.5. The minimum absolute atomic E-state index is 0.125. The van der Waals surface area contributed by atoms with Gasteiger partial charge in [0, 0.05) is 6.26 Å². The van der Waals surface area contributed by atoms with Crippen molar-refractivity contribution in [3.63, 3.8) is 0 Å². The first-order chi connectivity index (χ1) is 12.4. The van der Waals surface area contributed by atoms with Crippen molar-refractivity contribution in [2.75, 3.05) is 12.0 Å². The van der Waals surface area contributed by atoms with E-state index in [2.05, 4.69) is 5.32 Å². The van der Waals surface area contributed by atoms with E-state index < -0.39 is 15.9 Å². The molecule has 3 aromatic carbocycles. The van der Waals surface area contributed by atoms with Crippen molar-refractivity contribution in [1.29, 1.82) is 0 Å². The van der Waals surface area contributed by atoms with E-state index >= 15 is 0 Å². The van der Waals surface area contributed by atoms with Crippen LogP contribution in [0.15, 0.2) is 72.8 Å². The second kappa shape index (κ2) is 7.70. The number of nitrogens with one attached hydrogen (secondary N) is 1. The number of amides is 1. The van der Waals surface area contributed by atoms with Gasteiger partial charge in [-0.15, -0.1) is 0 Å². The van der Waals surface area contributed by atoms with Gasteiger partial charge in [-0.05, 0) is 21.9 Å². The summed E-state index contributed by atoms with van der Waals surface area (Å²) in [7, 11) is -3.23. The Morgan fingerprint density at radius 2 is 1.58 bits per heavy atom. The third-order valence-electron chi connectivity index (χ3n) is 4.19. The van der Waals surface area contributed by atoms with Crippen molar-refractivity contribution in [3.05, 3.63) is 83.9 Å². The van der Waals surface area contributed by atoms with Gasteiger partial charge >= 0.3 is 0 Å². The molecule has 3 aromatic rings. The highest BCUT2D eigenvalue weighted by atomic mass is 32.2. The highest BCUT2D eigenvalue weighted by molar-refractivity contribution is 7.90. The van der Waals surface area contributed by atoms with Gasteiger partial charge in [-0.3, -0.25) is 4.79 Å². The Bertz CT molecular complexity index is 1010. The van der Waals surface area contributed by atoms with Crippen molar-refractivity contribution in [1.82, 2.24) is 5.32 Å². The summed E-state index contributed by atoms with van der Waals surface area (Å²) in [6.07, 6.45) is 1.39. The molecular weight excluding hydrogens is 346 g/mol. The minimum atomic E-state index is -3.23. The SMILES string of the molecule is CS(=O)(=O)C[C@H](NC(=O)Cc1ccc2ccccc2c1)c1ccccc1. The zero-order valence-electron chi connectivity index (χ0n) is 14.6. The smallest absolute Gasteiger partial charge is 0.224 e. The fraction of sp³-hybridized carbons (Fsp3) is 0.190. The van der Waals surface area contributed by atoms with Gasteiger partial charge in [0.15, 0.2) is 0 Å². The normalized spacial score (nSPS) is 12.7. The second-order valence-electron chi connectivity index (χ2n) is 6.48. The summed E-state index contributed by atoms with van der Waals surface area (Å²) in [6.45, 7) is 0. The number of rotatable bonds is 6. The molecule has 0 fully saturated rings. The van der Waals surface area contributed by atoms with E-state index in [0.29, 0.717) is 0 Å². The van der Waals surface area contributed by atoms with E-state index in [9.17, 15) is 13.2 Å². The molecule has 0 heterocycles. The summed E-state index contributed by atoms with van der Waals surface area (Å²) >= 11 is 0. The summed E-state index contributed by atoms with van der Waals surface area (Å²) in [5, 5.41) is 5.07. The van der Waals surface area contributed by atoms with Crippen LogP contribution in [0.1, 0.15) is 17.2 Å². The Labute approximate surface area is 153 Å². The average Bonchev–Trinajstić information content (AvgIpc) is 2.60. The number of hydrogen-bond acceptors (Lipinski definition) is 3. The Kier molecular flexibility index (Phi) is 5.38. The van der Waals surface area contributed by atoms with Crippen LogP contribution in [0.25, 0.3) is 10.8 Å². The molecule has 0 unspecified atom stereocenters. The molecule has 5 heteroatoms. The van der Waals surface area contributed by atoms with E-state index in [4.69, 9.17) is 0 Å². The van der Waals surface area contributed by atoms with Gasteiger partial charge in [-0.25, -0.2) is 8.42 Å². The first-order valence-corrected chi connectivity index (χ1v) is 10.5. The molecule has 0 saturated carbocycles. The Hall–Kier alpha value is -2.66. The summed E-state index contributed by atoms with van der Waals surface area (Å²) in [5.41, 5.74) is 1.68. The topological polar surface area (TPSA) is 63.2 Å². The van der Waals surface area contributed by atoms with Crippen LogP contribution in [0.3, 0.4) is 0 Å². The van der Waals surface area contributed by atoms with Gasteiger partial charge < -0.3 is 5.32 Å². The van der Waals surface area contributed by atoms with Crippen LogP contribution in [-0.4, -0.2) is 26.3 Å². The summed E-state index contributed by atoms with van der Waals surface area (Å²) in [6, 6.07) is 22.5. The van der Waals surface area contributed by atoms with Gasteiger partial charge in [0.1, 0.15) is 9.84 Å². The lowest BCUT2D eigenvalue weighted by Gasteiger charge is -2.18. The molecule has 3 rings (SSSR count). The number of carbonyl (C=O) groups is 1. The molecule has 0 aliphatic heterocycles. The quantitative estimate of drug-likeness (QED) is 0.727. The van der Waals surface area contributed by atoms with E-state index in [1.807, 2.05) is 72.8 Å². The van der Waals surface area contributed by atoms with Gasteiger partial charge in [-0.2, -0.15) is 0 Å². The van der Waals surface area contributed by atoms with Crippen LogP contribution in [0.5, 0.6) is 0 Å². The first kappa shape index (κ1) is 18.1. The van der Waals surface area contributed by atoms with Crippen molar-refractivity contribution in [2.24, 2.45) is 0 Å². The van der Waals surface area contributed by atoms with Crippen molar-refractivity contribution >= 4 is 26.5 Å². The third kappa shape index (κ3) is 4.92. The minimum Gasteiger partial charge on any atom is -0.348 e. The maximum Gasteiger partial charge on any atom is 0.224 e. The largest absolute Gasteiger partial charge is 0.348 e. The van der Waals surface area contributed by atoms with E-state index in [1.165, 1.54) is 6.26 Å². The Morgan fingerprint density at radius 3 is 2.27 bits per heavy atom. The third-order valence-corrected chi connectivity index (χ3v) is 5.12. The van der Waals surface area contributed by atoms with Gasteiger partial charge in [0.05, 0.1) is 18.2 Å². The first-order valence-electron chi connectivity index (χ1n) is 8.40. The highest BCUT2D eigenvalue weighted by Crippen LogP contribution is 2.18. The van der Waals surface area contributed by atoms with E-state index in [-0.39, 0.29) is 18.1 Å². The van der Waals surface area contributed by atoms with Crippen molar-refractivity contribution in [3.8, 4) is 0 Å². The van der Waals surface area contributed by atoms with Crippen LogP contribution in [0.4, 0.5) is 0 Å². The van der Waals surface area contributed by atoms with Crippen molar-refractivity contribution in [2.45, 2.75) is 12.5 Å². The molecule has 0 aliphatic carbocycles. The lowest BCUT2D eigenvalue weighted by molar-refractivity contribution is -0.121. The molecular formula is C21H21NO3S. The molecule has 0 saturated heterocycles. The molecule has 26 heavy (non-hydrogen) atoms. The van der Waals surface area contributed by atoms with E-state index in [0.717, 1.165) is 21.9 Å². The molecule has 1 N–H and O–H groups in total. The number of sulfone groups is 1. The highest BCUT2D eigenvalue weighted by Gasteiger charge is 2.19. The molecule has 1 atom stereocenters. The number of benzene rings is 3. The fourth-order valence-electron chi connectivity index (χ4n) is 2.99. The molecule has 0 aliphatic rings. The Morgan fingerprint density at radius 1 is 0.923 bits per heavy atom. The van der Waals surface area contributed by atoms with Crippen molar-refractivity contribution < 1.29 is 13.2 Å². The summed E-state index contributed by atoms with van der Waals surface area (Å²) in [5.74, 6) is -0.321. The molecule has 0 bridgehead atoms. The molecule has 4 nitrogen and oxygen atoms in total. The molecule has 134 valence electrons. The number of fused-ring (bicyclic) bond motifs is 1. The van der Waals surface area contributed by atoms with Crippen LogP contribution >= 0.6 is 0 Å². The molecule has 0 spiro atoms. The fourth-order valence-corrected chi connectivity index (χ4v) is 3.87. The van der Waals surface area contributed by atoms with Gasteiger partial charge in [-0.1, -0.05) is 72.8 Å². The van der Waals surface area contributed by atoms with Crippen LogP contribution < -0.4 is 5.32 Å². The van der Waals surface area contributed by atoms with Crippen LogP contribution in [-0.2, 0) is 21.1 Å². The predicted octanol–water partition coefficient (Wildman–Crippen LogP) is 3.28. The van der Waals surface area contributed by atoms with Gasteiger partial charge in [0.2, 0.25) is 5.91 Å². The van der Waals surface area contributed by atoms with Crippen LogP contribution in [0.2, 0.25) is 0 Å². The monoisotopic (exact) mass is 367 g/mol. The van der Waals surface area contributed by atoms with Crippen LogP contribution in [0, 0.1) is 0 Å². The summed E-state index contributed by atoms with van der Waals surface area (Å²) < 4.78 is 23.5. The average molecular weight is 367 g/mol. The zero-order chi connectivity index (χ0) is 18.6. The lowest BCUT2D eigenvalue weighted by atomic mass is 10.0. The van der Waals surface area contributed by atoms with Gasteiger partial charge in [0.25, 0.3) is 0 Å². The number of hydrogen-bond donors (Lipinski definition) is 1. The predicted molar refractivity (Wildman–Crippen MR) is 105 cm³/mol. The second-order valence-corrected chi connectivity index (χ2v) is 8.67. The zero-order valence-corrected chi connectivity index (χ0v) is 15.4. The maximum absolute atomic E-state index is 12.5. The Balaban J connectivity index is 1.76. The van der Waals surface area contributed by atoms with E-state index in [1.54, 1.807) is 0 Å². The number of carbonyl (C=O) groups excluding carboxylic acids is 1. The maximum atomic E-state index is 12.5.